The number of ether oxygens (including phenoxy) is 3. The molecule has 1 aromatic carbocycles. The van der Waals surface area contributed by atoms with Crippen molar-refractivity contribution in [3.63, 3.8) is 0 Å². The largest absolute Gasteiger partial charge is 0.382 e. The smallest absolute Gasteiger partial charge is 0.250 e. The molecule has 0 aromatic heterocycles. The summed E-state index contributed by atoms with van der Waals surface area (Å²) in [5.74, 6) is -0.176. The molecule has 1 rings (SSSR count). The summed E-state index contributed by atoms with van der Waals surface area (Å²) in [7, 11) is 1.59. The Morgan fingerprint density at radius 1 is 1.26 bits per heavy atom. The summed E-state index contributed by atoms with van der Waals surface area (Å²) in [4.78, 5) is 11.6. The Balaban J connectivity index is 2.36. The summed E-state index contributed by atoms with van der Waals surface area (Å²) >= 11 is 0. The van der Waals surface area contributed by atoms with Crippen molar-refractivity contribution in [3.8, 4) is 0 Å². The van der Waals surface area contributed by atoms with Crippen LogP contribution in [-0.4, -0.2) is 39.4 Å². The molecule has 0 aliphatic heterocycles. The van der Waals surface area contributed by atoms with E-state index in [9.17, 15) is 4.79 Å². The van der Waals surface area contributed by atoms with Crippen LogP contribution in [0.15, 0.2) is 24.3 Å². The van der Waals surface area contributed by atoms with E-state index in [1.54, 1.807) is 7.11 Å². The monoisotopic (exact) mass is 267 g/mol. The van der Waals surface area contributed by atoms with Gasteiger partial charge in [-0.1, -0.05) is 12.1 Å². The van der Waals surface area contributed by atoms with Gasteiger partial charge in [0.1, 0.15) is 6.61 Å². The maximum absolute atomic E-state index is 11.6. The van der Waals surface area contributed by atoms with Crippen LogP contribution in [0.25, 0.3) is 0 Å². The molecule has 0 spiro atoms. The fraction of sp³-hybridized carbons (Fsp3) is 0.500. The second-order valence-corrected chi connectivity index (χ2v) is 3.93. The first-order valence-electron chi connectivity index (χ1n) is 6.29. The molecule has 0 bridgehead atoms. The lowest BCUT2D eigenvalue weighted by Gasteiger charge is -2.08. The van der Waals surface area contributed by atoms with Gasteiger partial charge in [-0.3, -0.25) is 4.79 Å². The third-order valence-electron chi connectivity index (χ3n) is 2.35. The molecule has 1 aromatic rings. The average molecular weight is 267 g/mol. The van der Waals surface area contributed by atoms with E-state index in [1.807, 2.05) is 31.2 Å². The van der Waals surface area contributed by atoms with Crippen molar-refractivity contribution >= 4 is 11.6 Å². The van der Waals surface area contributed by atoms with Crippen LogP contribution in [0.2, 0.25) is 0 Å². The van der Waals surface area contributed by atoms with E-state index in [1.165, 1.54) is 0 Å². The second-order valence-electron chi connectivity index (χ2n) is 3.93. The summed E-state index contributed by atoms with van der Waals surface area (Å²) in [6.45, 7) is 4.09. The maximum Gasteiger partial charge on any atom is 0.250 e. The number of rotatable bonds is 9. The van der Waals surface area contributed by atoms with Gasteiger partial charge in [0.05, 0.1) is 19.8 Å². The molecule has 1 N–H and O–H groups in total. The Morgan fingerprint density at radius 3 is 2.84 bits per heavy atom. The minimum absolute atomic E-state index is 0.0268. The molecule has 5 heteroatoms. The number of benzene rings is 1. The number of carbonyl (C=O) groups is 1. The number of hydrogen-bond acceptors (Lipinski definition) is 4. The fourth-order valence-electron chi connectivity index (χ4n) is 1.46. The van der Waals surface area contributed by atoms with Gasteiger partial charge in [-0.05, 0) is 24.6 Å². The normalized spacial score (nSPS) is 10.4. The van der Waals surface area contributed by atoms with Gasteiger partial charge in [0, 0.05) is 19.4 Å². The summed E-state index contributed by atoms with van der Waals surface area (Å²) in [6, 6.07) is 7.57. The Morgan fingerprint density at radius 2 is 2.11 bits per heavy atom. The minimum Gasteiger partial charge on any atom is -0.382 e. The molecular formula is C14H21NO4. The van der Waals surface area contributed by atoms with Crippen molar-refractivity contribution in [3.05, 3.63) is 29.8 Å². The lowest BCUT2D eigenvalue weighted by molar-refractivity contribution is -0.121. The van der Waals surface area contributed by atoms with Crippen molar-refractivity contribution in [2.24, 2.45) is 0 Å². The number of hydrogen-bond donors (Lipinski definition) is 1. The highest BCUT2D eigenvalue weighted by molar-refractivity contribution is 5.91. The number of amides is 1. The Labute approximate surface area is 113 Å². The van der Waals surface area contributed by atoms with Crippen molar-refractivity contribution in [1.29, 1.82) is 0 Å². The van der Waals surface area contributed by atoms with E-state index in [4.69, 9.17) is 14.2 Å². The zero-order valence-electron chi connectivity index (χ0n) is 11.5. The van der Waals surface area contributed by atoms with Crippen LogP contribution in [0.5, 0.6) is 0 Å². The summed E-state index contributed by atoms with van der Waals surface area (Å²) in [5.41, 5.74) is 1.78. The van der Waals surface area contributed by atoms with Gasteiger partial charge in [-0.15, -0.1) is 0 Å². The zero-order chi connectivity index (χ0) is 13.9. The van der Waals surface area contributed by atoms with Crippen LogP contribution >= 0.6 is 0 Å². The number of methoxy groups -OCH3 is 1. The Kier molecular flexibility index (Phi) is 7.81. The SMILES string of the molecule is CCOCc1cccc(NC(=O)COCCOC)c1. The average Bonchev–Trinajstić information content (AvgIpc) is 2.42. The molecule has 0 radical (unpaired) electrons. The van der Waals surface area contributed by atoms with E-state index < -0.39 is 0 Å². The van der Waals surface area contributed by atoms with Crippen LogP contribution < -0.4 is 5.32 Å². The van der Waals surface area contributed by atoms with E-state index >= 15 is 0 Å². The van der Waals surface area contributed by atoms with Crippen LogP contribution in [0, 0.1) is 0 Å². The Bertz CT molecular complexity index is 381. The molecule has 0 saturated heterocycles. The van der Waals surface area contributed by atoms with Gasteiger partial charge < -0.3 is 19.5 Å². The van der Waals surface area contributed by atoms with Gasteiger partial charge in [0.15, 0.2) is 0 Å². The number of carbonyl (C=O) groups excluding carboxylic acids is 1. The summed E-state index contributed by atoms with van der Waals surface area (Å²) < 4.78 is 15.3. The second kappa shape index (κ2) is 9.49. The first-order chi connectivity index (χ1) is 9.26. The third-order valence-corrected chi connectivity index (χ3v) is 2.35. The van der Waals surface area contributed by atoms with Crippen molar-refractivity contribution in [2.45, 2.75) is 13.5 Å². The third kappa shape index (κ3) is 6.91. The molecule has 0 atom stereocenters. The van der Waals surface area contributed by atoms with E-state index in [2.05, 4.69) is 5.32 Å². The van der Waals surface area contributed by atoms with Crippen LogP contribution in [0.1, 0.15) is 12.5 Å². The van der Waals surface area contributed by atoms with Crippen LogP contribution in [0.4, 0.5) is 5.69 Å². The summed E-state index contributed by atoms with van der Waals surface area (Å²) in [6.07, 6.45) is 0. The zero-order valence-corrected chi connectivity index (χ0v) is 11.5. The molecular weight excluding hydrogens is 246 g/mol. The number of nitrogens with one attached hydrogen (secondary N) is 1. The Hall–Kier alpha value is -1.43. The molecule has 106 valence electrons. The predicted molar refractivity (Wildman–Crippen MR) is 73.1 cm³/mol. The van der Waals surface area contributed by atoms with Gasteiger partial charge >= 0.3 is 0 Å². The molecule has 0 unspecified atom stereocenters. The van der Waals surface area contributed by atoms with Gasteiger partial charge in [-0.25, -0.2) is 0 Å². The molecule has 1 amide bonds. The van der Waals surface area contributed by atoms with Gasteiger partial charge in [0.25, 0.3) is 0 Å². The topological polar surface area (TPSA) is 56.8 Å². The molecule has 0 fully saturated rings. The van der Waals surface area contributed by atoms with E-state index in [0.29, 0.717) is 26.4 Å². The minimum atomic E-state index is -0.176. The lowest BCUT2D eigenvalue weighted by Crippen LogP contribution is -2.19. The predicted octanol–water partition coefficient (Wildman–Crippen LogP) is 1.82. The maximum atomic E-state index is 11.6. The quantitative estimate of drug-likeness (QED) is 0.693. The van der Waals surface area contributed by atoms with Crippen LogP contribution in [0.3, 0.4) is 0 Å². The van der Waals surface area contributed by atoms with Gasteiger partial charge in [-0.2, -0.15) is 0 Å². The first-order valence-corrected chi connectivity index (χ1v) is 6.29. The molecule has 19 heavy (non-hydrogen) atoms. The van der Waals surface area contributed by atoms with Crippen molar-refractivity contribution in [2.75, 3.05) is 38.9 Å². The highest BCUT2D eigenvalue weighted by Gasteiger charge is 2.03. The van der Waals surface area contributed by atoms with E-state index in [-0.39, 0.29) is 12.5 Å². The molecule has 0 aliphatic carbocycles. The van der Waals surface area contributed by atoms with Crippen molar-refractivity contribution < 1.29 is 19.0 Å². The highest BCUT2D eigenvalue weighted by atomic mass is 16.5. The van der Waals surface area contributed by atoms with E-state index in [0.717, 1.165) is 11.3 Å². The standard InChI is InChI=1S/C14H21NO4/c1-3-18-10-12-5-4-6-13(9-12)15-14(16)11-19-8-7-17-2/h4-6,9H,3,7-8,10-11H2,1-2H3,(H,15,16). The van der Waals surface area contributed by atoms with Gasteiger partial charge in [0.2, 0.25) is 5.91 Å². The first kappa shape index (κ1) is 15.6. The molecule has 0 aliphatic rings. The molecule has 0 saturated carbocycles. The fourth-order valence-corrected chi connectivity index (χ4v) is 1.46. The highest BCUT2D eigenvalue weighted by Crippen LogP contribution is 2.11. The van der Waals surface area contributed by atoms with Crippen LogP contribution in [-0.2, 0) is 25.6 Å². The molecule has 0 heterocycles. The van der Waals surface area contributed by atoms with Crippen molar-refractivity contribution in [1.82, 2.24) is 0 Å². The lowest BCUT2D eigenvalue weighted by atomic mass is 10.2. The summed E-state index contributed by atoms with van der Waals surface area (Å²) in [5, 5.41) is 2.78. The number of anilines is 1. The molecule has 5 nitrogen and oxygen atoms in total.